The van der Waals surface area contributed by atoms with E-state index in [1.54, 1.807) is 26.0 Å². The highest BCUT2D eigenvalue weighted by Gasteiger charge is 2.62. The van der Waals surface area contributed by atoms with Gasteiger partial charge in [0.2, 0.25) is 27.7 Å². The Morgan fingerprint density at radius 3 is 2.65 bits per heavy atom. The van der Waals surface area contributed by atoms with Crippen molar-refractivity contribution >= 4 is 44.7 Å². The SMILES string of the molecule is Cc1cc(C(=O)N[C@H]2CCCCC/C=C\[C@@H]3C[C@@]3(C(=O)NS(=O)(=O)C3CC3)NC(=O)[C@@H]3C[C@@H](Oc4nc5c(F)cccc5nc4C)CN3C2=O)n[nH]1. The number of para-hydroxylation sites is 1. The Bertz CT molecular complexity index is 2070. The number of fused-ring (bicyclic) bond motifs is 3. The minimum Gasteiger partial charge on any atom is -0.471 e. The van der Waals surface area contributed by atoms with Gasteiger partial charge in [-0.05, 0) is 70.6 Å². The van der Waals surface area contributed by atoms with Gasteiger partial charge in [0.05, 0.1) is 17.3 Å². The second-order valence-electron chi connectivity index (χ2n) is 14.2. The summed E-state index contributed by atoms with van der Waals surface area (Å²) >= 11 is 0. The van der Waals surface area contributed by atoms with Crippen molar-refractivity contribution in [3.63, 3.8) is 0 Å². The van der Waals surface area contributed by atoms with Gasteiger partial charge in [-0.25, -0.2) is 22.8 Å². The Morgan fingerprint density at radius 2 is 1.90 bits per heavy atom. The molecule has 52 heavy (non-hydrogen) atoms. The quantitative estimate of drug-likeness (QED) is 0.261. The number of nitrogens with one attached hydrogen (secondary N) is 4. The molecule has 4 heterocycles. The molecule has 0 bridgehead atoms. The average Bonchev–Trinajstić information content (AvgIpc) is 3.99. The first kappa shape index (κ1) is 35.5. The van der Waals surface area contributed by atoms with Crippen LogP contribution in [0.5, 0.6) is 5.88 Å². The number of ether oxygens (including phenoxy) is 1. The first-order chi connectivity index (χ1) is 24.8. The van der Waals surface area contributed by atoms with Crippen molar-refractivity contribution < 1.29 is 36.7 Å². The molecule has 15 nitrogen and oxygen atoms in total. The largest absolute Gasteiger partial charge is 0.471 e. The molecular weight excluding hydrogens is 695 g/mol. The molecule has 0 unspecified atom stereocenters. The van der Waals surface area contributed by atoms with Gasteiger partial charge in [0.1, 0.15) is 40.6 Å². The number of aromatic nitrogens is 4. The van der Waals surface area contributed by atoms with E-state index in [0.29, 0.717) is 42.6 Å². The molecule has 4 amide bonds. The first-order valence-corrected chi connectivity index (χ1v) is 19.2. The van der Waals surface area contributed by atoms with Crippen molar-refractivity contribution in [2.24, 2.45) is 5.92 Å². The maximum Gasteiger partial charge on any atom is 0.272 e. The van der Waals surface area contributed by atoms with Gasteiger partial charge >= 0.3 is 0 Å². The number of allylic oxidation sites excluding steroid dienone is 1. The summed E-state index contributed by atoms with van der Waals surface area (Å²) in [6, 6.07) is 3.77. The van der Waals surface area contributed by atoms with E-state index in [-0.39, 0.29) is 42.9 Å². The molecule has 1 aromatic carbocycles. The third-order valence-electron chi connectivity index (χ3n) is 10.1. The molecule has 0 radical (unpaired) electrons. The topological polar surface area (TPSA) is 205 Å². The number of aryl methyl sites for hydroxylation is 2. The van der Waals surface area contributed by atoms with E-state index >= 15 is 0 Å². The third-order valence-corrected chi connectivity index (χ3v) is 12.0. The lowest BCUT2D eigenvalue weighted by atomic mass is 10.0. The fourth-order valence-electron chi connectivity index (χ4n) is 7.00. The van der Waals surface area contributed by atoms with E-state index in [0.717, 1.165) is 12.8 Å². The van der Waals surface area contributed by atoms with Crippen LogP contribution in [0, 0.1) is 25.6 Å². The fourth-order valence-corrected chi connectivity index (χ4v) is 8.36. The standard InChI is InChI=1S/C35H41FN8O7S/c1-19-15-27(42-41-19)30(45)38-26-11-7-5-3-4-6-9-21-17-35(21,34(48)43-52(49,50)23-13-14-23)40-31(46)28-16-22(18-44(28)33(26)47)51-32-20(2)37-25-12-8-10-24(36)29(25)39-32/h6,8-10,12,15,21-23,26,28H,3-5,7,11,13-14,16-18H2,1-2H3,(H,38,45)(H,40,46)(H,41,42)(H,43,48)/b9-6-/t21-,22-,26+,28+,35-/m1/s1. The monoisotopic (exact) mass is 736 g/mol. The predicted molar refractivity (Wildman–Crippen MR) is 185 cm³/mol. The fraction of sp³-hybridized carbons (Fsp3) is 0.514. The number of aromatic amines is 1. The predicted octanol–water partition coefficient (Wildman–Crippen LogP) is 2.26. The second-order valence-corrected chi connectivity index (χ2v) is 16.1. The Kier molecular flexibility index (Phi) is 9.48. The van der Waals surface area contributed by atoms with Crippen LogP contribution in [-0.2, 0) is 24.4 Å². The van der Waals surface area contributed by atoms with Crippen molar-refractivity contribution in [2.45, 2.75) is 101 Å². The molecule has 276 valence electrons. The minimum atomic E-state index is -3.91. The number of amides is 4. The molecule has 5 atom stereocenters. The molecule has 3 aromatic rings. The van der Waals surface area contributed by atoms with Crippen LogP contribution < -0.4 is 20.1 Å². The lowest BCUT2D eigenvalue weighted by Crippen LogP contribution is -2.58. The number of sulfonamides is 1. The lowest BCUT2D eigenvalue weighted by Gasteiger charge is -2.29. The number of halogens is 1. The number of hydrogen-bond donors (Lipinski definition) is 4. The van der Waals surface area contributed by atoms with Gasteiger partial charge in [0.15, 0.2) is 5.82 Å². The van der Waals surface area contributed by atoms with Gasteiger partial charge in [0, 0.05) is 18.0 Å². The van der Waals surface area contributed by atoms with E-state index in [4.69, 9.17) is 4.74 Å². The summed E-state index contributed by atoms with van der Waals surface area (Å²) in [6.07, 6.45) is 7.08. The van der Waals surface area contributed by atoms with Crippen molar-refractivity contribution in [1.82, 2.24) is 40.4 Å². The molecule has 4 N–H and O–H groups in total. The normalized spacial score (nSPS) is 27.4. The number of H-pyrrole nitrogens is 1. The Labute approximate surface area is 299 Å². The van der Waals surface area contributed by atoms with Crippen LogP contribution in [0.2, 0.25) is 0 Å². The van der Waals surface area contributed by atoms with Crippen LogP contribution in [0.15, 0.2) is 36.4 Å². The zero-order valence-electron chi connectivity index (χ0n) is 28.9. The Hall–Kier alpha value is -4.93. The molecule has 2 aliphatic heterocycles. The zero-order valence-corrected chi connectivity index (χ0v) is 29.7. The molecule has 2 aliphatic carbocycles. The second kappa shape index (κ2) is 13.9. The lowest BCUT2D eigenvalue weighted by molar-refractivity contribution is -0.141. The summed E-state index contributed by atoms with van der Waals surface area (Å²) in [4.78, 5) is 65.7. The van der Waals surface area contributed by atoms with Gasteiger partial charge < -0.3 is 20.3 Å². The number of nitrogens with zero attached hydrogens (tertiary/aromatic N) is 4. The van der Waals surface area contributed by atoms with Crippen LogP contribution in [-0.4, -0.2) is 92.6 Å². The molecule has 2 saturated carbocycles. The Morgan fingerprint density at radius 1 is 1.10 bits per heavy atom. The molecule has 7 rings (SSSR count). The van der Waals surface area contributed by atoms with Crippen molar-refractivity contribution in [2.75, 3.05) is 6.54 Å². The van der Waals surface area contributed by atoms with Crippen LogP contribution in [0.1, 0.15) is 79.7 Å². The highest BCUT2D eigenvalue weighted by Crippen LogP contribution is 2.46. The maximum atomic E-state index is 14.7. The van der Waals surface area contributed by atoms with Crippen LogP contribution >= 0.6 is 0 Å². The summed E-state index contributed by atoms with van der Waals surface area (Å²) in [7, 11) is -3.91. The molecule has 1 saturated heterocycles. The average molecular weight is 737 g/mol. The van der Waals surface area contributed by atoms with Gasteiger partial charge in [-0.15, -0.1) is 0 Å². The van der Waals surface area contributed by atoms with Gasteiger partial charge in [0.25, 0.3) is 11.8 Å². The van der Waals surface area contributed by atoms with Gasteiger partial charge in [-0.1, -0.05) is 31.1 Å². The van der Waals surface area contributed by atoms with Crippen LogP contribution in [0.4, 0.5) is 4.39 Å². The number of benzene rings is 1. The molecule has 2 aromatic heterocycles. The van der Waals surface area contributed by atoms with Crippen LogP contribution in [0.25, 0.3) is 11.0 Å². The Balaban J connectivity index is 1.20. The minimum absolute atomic E-state index is 0.00285. The third kappa shape index (κ3) is 7.22. The molecular formula is C35H41FN8O7S. The highest BCUT2D eigenvalue weighted by atomic mass is 32.2. The first-order valence-electron chi connectivity index (χ1n) is 17.6. The van der Waals surface area contributed by atoms with Crippen molar-refractivity contribution in [3.8, 4) is 5.88 Å². The summed E-state index contributed by atoms with van der Waals surface area (Å²) in [6.45, 7) is 3.30. The summed E-state index contributed by atoms with van der Waals surface area (Å²) in [5, 5.41) is 11.7. The zero-order chi connectivity index (χ0) is 36.8. The number of hydrogen-bond acceptors (Lipinski definition) is 10. The van der Waals surface area contributed by atoms with E-state index in [2.05, 4.69) is 35.5 Å². The van der Waals surface area contributed by atoms with E-state index < -0.39 is 74.4 Å². The number of rotatable bonds is 7. The summed E-state index contributed by atoms with van der Waals surface area (Å²) < 4.78 is 48.6. The number of carbonyl (C=O) groups is 4. The maximum absolute atomic E-state index is 14.7. The summed E-state index contributed by atoms with van der Waals surface area (Å²) in [5.74, 6) is -3.60. The van der Waals surface area contributed by atoms with Crippen molar-refractivity contribution in [3.05, 3.63) is 59.3 Å². The highest BCUT2D eigenvalue weighted by molar-refractivity contribution is 7.91. The molecule has 17 heteroatoms. The number of carbonyl (C=O) groups excluding carboxylic acids is 4. The smallest absolute Gasteiger partial charge is 0.272 e. The van der Waals surface area contributed by atoms with E-state index in [9.17, 15) is 32.0 Å². The van der Waals surface area contributed by atoms with Crippen LogP contribution in [0.3, 0.4) is 0 Å². The van der Waals surface area contributed by atoms with Gasteiger partial charge in [-0.3, -0.25) is 29.0 Å². The molecule has 4 aliphatic rings. The van der Waals surface area contributed by atoms with Crippen molar-refractivity contribution in [1.29, 1.82) is 0 Å². The van der Waals surface area contributed by atoms with Gasteiger partial charge in [-0.2, -0.15) is 5.10 Å². The summed E-state index contributed by atoms with van der Waals surface area (Å²) in [5.41, 5.74) is -0.0523. The van der Waals surface area contributed by atoms with E-state index in [1.165, 1.54) is 17.0 Å². The molecule has 3 fully saturated rings. The van der Waals surface area contributed by atoms with E-state index in [1.807, 2.05) is 12.2 Å². The molecule has 0 spiro atoms.